The highest BCUT2D eigenvalue weighted by Crippen LogP contribution is 2.46. The summed E-state index contributed by atoms with van der Waals surface area (Å²) in [7, 11) is 1.60. The van der Waals surface area contributed by atoms with Crippen LogP contribution in [0.25, 0.3) is 11.0 Å². The summed E-state index contributed by atoms with van der Waals surface area (Å²) in [4.78, 5) is 23.7. The van der Waals surface area contributed by atoms with Crippen LogP contribution in [0, 0.1) is 5.92 Å². The second kappa shape index (κ2) is 4.33. The molecule has 2 atom stereocenters. The number of furan rings is 1. The van der Waals surface area contributed by atoms with Crippen LogP contribution in [0.3, 0.4) is 0 Å². The van der Waals surface area contributed by atoms with Gasteiger partial charge in [-0.3, -0.25) is 9.59 Å². The third kappa shape index (κ3) is 1.74. The van der Waals surface area contributed by atoms with Crippen molar-refractivity contribution in [1.29, 1.82) is 0 Å². The van der Waals surface area contributed by atoms with E-state index in [1.165, 1.54) is 12.3 Å². The van der Waals surface area contributed by atoms with E-state index in [9.17, 15) is 9.59 Å². The van der Waals surface area contributed by atoms with E-state index in [4.69, 9.17) is 21.1 Å². The zero-order valence-electron chi connectivity index (χ0n) is 10.6. The molecule has 3 rings (SSSR count). The predicted molar refractivity (Wildman–Crippen MR) is 73.1 cm³/mol. The van der Waals surface area contributed by atoms with Gasteiger partial charge in [0, 0.05) is 10.9 Å². The molecule has 2 aromatic rings. The number of nitrogens with one attached hydrogen (secondary N) is 1. The average molecular weight is 294 g/mol. The lowest BCUT2D eigenvalue weighted by Gasteiger charge is -2.14. The van der Waals surface area contributed by atoms with Crippen LogP contribution >= 0.6 is 11.6 Å². The number of halogens is 1. The third-order valence-electron chi connectivity index (χ3n) is 3.88. The number of carboxylic acids is 1. The van der Waals surface area contributed by atoms with Crippen LogP contribution in [0.15, 0.2) is 28.9 Å². The molecular weight excluding hydrogens is 282 g/mol. The Morgan fingerprint density at radius 1 is 1.50 bits per heavy atom. The van der Waals surface area contributed by atoms with Gasteiger partial charge in [0.1, 0.15) is 0 Å². The molecule has 0 saturated heterocycles. The van der Waals surface area contributed by atoms with Crippen molar-refractivity contribution < 1.29 is 19.1 Å². The van der Waals surface area contributed by atoms with Crippen molar-refractivity contribution in [2.24, 2.45) is 5.92 Å². The van der Waals surface area contributed by atoms with Gasteiger partial charge in [0.15, 0.2) is 11.4 Å². The van der Waals surface area contributed by atoms with Gasteiger partial charge >= 0.3 is 5.97 Å². The first-order valence-electron chi connectivity index (χ1n) is 6.13. The van der Waals surface area contributed by atoms with Gasteiger partial charge in [-0.2, -0.15) is 0 Å². The number of carbonyl (C=O) groups excluding carboxylic acids is 1. The molecule has 0 aliphatic heterocycles. The molecule has 1 aliphatic carbocycles. The van der Waals surface area contributed by atoms with Gasteiger partial charge < -0.3 is 14.8 Å². The van der Waals surface area contributed by atoms with Gasteiger partial charge in [0.05, 0.1) is 22.7 Å². The first-order valence-corrected chi connectivity index (χ1v) is 6.50. The van der Waals surface area contributed by atoms with Gasteiger partial charge in [-0.1, -0.05) is 11.6 Å². The van der Waals surface area contributed by atoms with Crippen molar-refractivity contribution in [3.8, 4) is 0 Å². The molecule has 6 heteroatoms. The van der Waals surface area contributed by atoms with Crippen molar-refractivity contribution in [2.75, 3.05) is 7.05 Å². The van der Waals surface area contributed by atoms with Crippen molar-refractivity contribution in [2.45, 2.75) is 12.0 Å². The quantitative estimate of drug-likeness (QED) is 0.846. The van der Waals surface area contributed by atoms with Gasteiger partial charge in [-0.05, 0) is 31.7 Å². The number of ketones is 1. The molecule has 1 aromatic carbocycles. The van der Waals surface area contributed by atoms with Crippen LogP contribution in [-0.2, 0) is 4.79 Å². The number of benzene rings is 1. The summed E-state index contributed by atoms with van der Waals surface area (Å²) in [6.45, 7) is 0. The Morgan fingerprint density at radius 3 is 2.85 bits per heavy atom. The lowest BCUT2D eigenvalue weighted by atomic mass is 9.99. The summed E-state index contributed by atoms with van der Waals surface area (Å²) in [5.74, 6) is -1.92. The Bertz CT molecular complexity index is 723. The molecule has 1 fully saturated rings. The summed E-state index contributed by atoms with van der Waals surface area (Å²) >= 11 is 6.08. The molecule has 1 heterocycles. The van der Waals surface area contributed by atoms with Crippen LogP contribution in [0.5, 0.6) is 0 Å². The number of fused-ring (bicyclic) bond motifs is 1. The zero-order chi connectivity index (χ0) is 14.5. The molecule has 0 spiro atoms. The van der Waals surface area contributed by atoms with Crippen LogP contribution in [0.2, 0.25) is 5.02 Å². The molecular formula is C14H12ClNO4. The first kappa shape index (κ1) is 13.1. The summed E-state index contributed by atoms with van der Waals surface area (Å²) < 4.78 is 5.22. The number of carboxylic acid groups (broad SMARTS) is 1. The third-order valence-corrected chi connectivity index (χ3v) is 4.16. The van der Waals surface area contributed by atoms with Crippen molar-refractivity contribution in [1.82, 2.24) is 5.32 Å². The number of hydrogen-bond acceptors (Lipinski definition) is 4. The lowest BCUT2D eigenvalue weighted by molar-refractivity contribution is -0.138. The highest BCUT2D eigenvalue weighted by Gasteiger charge is 2.63. The van der Waals surface area contributed by atoms with E-state index in [0.29, 0.717) is 22.6 Å². The largest absolute Gasteiger partial charge is 0.481 e. The van der Waals surface area contributed by atoms with Gasteiger partial charge in [-0.15, -0.1) is 0 Å². The fourth-order valence-corrected chi connectivity index (χ4v) is 2.90. The van der Waals surface area contributed by atoms with E-state index in [2.05, 4.69) is 5.32 Å². The molecule has 5 nitrogen and oxygen atoms in total. The minimum absolute atomic E-state index is 0.252. The summed E-state index contributed by atoms with van der Waals surface area (Å²) in [5.41, 5.74) is -0.110. The molecule has 1 saturated carbocycles. The van der Waals surface area contributed by atoms with Crippen LogP contribution in [-0.4, -0.2) is 29.4 Å². The Balaban J connectivity index is 2.03. The average Bonchev–Trinajstić information content (AvgIpc) is 3.00. The number of rotatable bonds is 4. The van der Waals surface area contributed by atoms with Crippen molar-refractivity contribution >= 4 is 34.3 Å². The Hall–Kier alpha value is -1.85. The molecule has 1 aliphatic rings. The smallest absolute Gasteiger partial charge is 0.308 e. The van der Waals surface area contributed by atoms with E-state index in [0.717, 1.165) is 5.39 Å². The SMILES string of the molecule is CN[C@]1(C(=O)c2cc(Cl)c3occc3c2)C[C@@H]1C(=O)O. The van der Waals surface area contributed by atoms with E-state index in [1.807, 2.05) is 0 Å². The van der Waals surface area contributed by atoms with Crippen LogP contribution in [0.1, 0.15) is 16.8 Å². The van der Waals surface area contributed by atoms with Crippen molar-refractivity contribution in [3.63, 3.8) is 0 Å². The minimum atomic E-state index is -1.02. The van der Waals surface area contributed by atoms with Gasteiger partial charge in [0.25, 0.3) is 0 Å². The Kier molecular flexibility index (Phi) is 2.84. The molecule has 1 aromatic heterocycles. The van der Waals surface area contributed by atoms with Crippen LogP contribution in [0.4, 0.5) is 0 Å². The highest BCUT2D eigenvalue weighted by molar-refractivity contribution is 6.35. The van der Waals surface area contributed by atoms with Crippen LogP contribution < -0.4 is 5.32 Å². The number of carbonyl (C=O) groups is 2. The molecule has 2 N–H and O–H groups in total. The molecule has 20 heavy (non-hydrogen) atoms. The Labute approximate surface area is 119 Å². The minimum Gasteiger partial charge on any atom is -0.481 e. The second-order valence-electron chi connectivity index (χ2n) is 4.94. The monoisotopic (exact) mass is 293 g/mol. The topological polar surface area (TPSA) is 79.5 Å². The standard InChI is InChI=1S/C14H12ClNO4/c1-16-14(6-9(14)13(18)19)12(17)8-4-7-2-3-20-11(7)10(15)5-8/h2-5,9,16H,6H2,1H3,(H,18,19)/t9-,14-/m1/s1. The number of Topliss-reactive ketones (excluding diaryl/α,β-unsaturated/α-hetero) is 1. The highest BCUT2D eigenvalue weighted by atomic mass is 35.5. The maximum atomic E-state index is 12.6. The Morgan fingerprint density at radius 2 is 2.25 bits per heavy atom. The molecule has 104 valence electrons. The van der Waals surface area contributed by atoms with Gasteiger partial charge in [0.2, 0.25) is 0 Å². The summed E-state index contributed by atoms with van der Waals surface area (Å²) in [6.07, 6.45) is 1.79. The lowest BCUT2D eigenvalue weighted by Crippen LogP contribution is -2.40. The molecule has 0 radical (unpaired) electrons. The number of hydrogen-bond donors (Lipinski definition) is 2. The number of likely N-dealkylation sites (N-methyl/N-ethyl adjacent to an activating group) is 1. The fourth-order valence-electron chi connectivity index (χ4n) is 2.63. The molecule has 0 amide bonds. The predicted octanol–water partition coefficient (Wildman–Crippen LogP) is 2.33. The maximum absolute atomic E-state index is 12.6. The maximum Gasteiger partial charge on any atom is 0.308 e. The summed E-state index contributed by atoms with van der Waals surface area (Å²) in [6, 6.07) is 4.90. The zero-order valence-corrected chi connectivity index (χ0v) is 11.4. The fraction of sp³-hybridized carbons (Fsp3) is 0.286. The van der Waals surface area contributed by atoms with E-state index < -0.39 is 17.4 Å². The van der Waals surface area contributed by atoms with Crippen molar-refractivity contribution in [3.05, 3.63) is 35.0 Å². The van der Waals surface area contributed by atoms with Gasteiger partial charge in [-0.25, -0.2) is 0 Å². The van der Waals surface area contributed by atoms with E-state index in [-0.39, 0.29) is 5.78 Å². The number of aliphatic carboxylic acids is 1. The van der Waals surface area contributed by atoms with E-state index >= 15 is 0 Å². The summed E-state index contributed by atoms with van der Waals surface area (Å²) in [5, 5.41) is 13.0. The van der Waals surface area contributed by atoms with E-state index in [1.54, 1.807) is 19.2 Å². The molecule has 0 unspecified atom stereocenters. The second-order valence-corrected chi connectivity index (χ2v) is 5.35. The molecule has 0 bridgehead atoms. The first-order chi connectivity index (χ1) is 9.49. The normalized spacial score (nSPS) is 24.8.